The summed E-state index contributed by atoms with van der Waals surface area (Å²) in [6.45, 7) is -2.34. The second-order valence-electron chi connectivity index (χ2n) is 8.33. The number of aliphatic hydroxyl groups is 11. The van der Waals surface area contributed by atoms with E-state index in [1.54, 1.807) is 0 Å². The van der Waals surface area contributed by atoms with Crippen LogP contribution < -0.4 is 0 Å². The van der Waals surface area contributed by atoms with Crippen LogP contribution in [0.5, 0.6) is 0 Å². The van der Waals surface area contributed by atoms with Gasteiger partial charge in [0, 0.05) is 0 Å². The van der Waals surface area contributed by atoms with Crippen molar-refractivity contribution in [3.63, 3.8) is 0 Å². The first kappa shape index (κ1) is 27.9. The molecule has 0 spiro atoms. The fourth-order valence-corrected chi connectivity index (χ4v) is 4.05. The molecule has 0 aromatic rings. The highest BCUT2D eigenvalue weighted by atomic mass is 16.7. The van der Waals surface area contributed by atoms with E-state index in [2.05, 4.69) is 0 Å². The van der Waals surface area contributed by atoms with Gasteiger partial charge in [0.15, 0.2) is 18.9 Å². The van der Waals surface area contributed by atoms with Crippen LogP contribution in [0.3, 0.4) is 0 Å². The molecule has 15 atom stereocenters. The molecule has 3 rings (SSSR count). The molecule has 0 aromatic carbocycles. The van der Waals surface area contributed by atoms with Crippen molar-refractivity contribution >= 4 is 0 Å². The van der Waals surface area contributed by atoms with Gasteiger partial charge in [-0.3, -0.25) is 0 Å². The maximum absolute atomic E-state index is 10.8. The third-order valence-electron chi connectivity index (χ3n) is 6.09. The van der Waals surface area contributed by atoms with E-state index in [1.165, 1.54) is 0 Å². The van der Waals surface area contributed by atoms with Gasteiger partial charge in [-0.15, -0.1) is 0 Å². The Morgan fingerprint density at radius 3 is 1.50 bits per heavy atom. The van der Waals surface area contributed by atoms with Gasteiger partial charge in [-0.25, -0.2) is 0 Å². The van der Waals surface area contributed by atoms with Crippen LogP contribution in [0.2, 0.25) is 0 Å². The maximum atomic E-state index is 10.8. The van der Waals surface area contributed by atoms with Crippen molar-refractivity contribution in [3.05, 3.63) is 0 Å². The second kappa shape index (κ2) is 11.6. The summed E-state index contributed by atoms with van der Waals surface area (Å²) in [4.78, 5) is 0. The van der Waals surface area contributed by atoms with Crippen LogP contribution in [0, 0.1) is 0 Å². The lowest BCUT2D eigenvalue weighted by Crippen LogP contribution is -2.66. The van der Waals surface area contributed by atoms with E-state index >= 15 is 0 Å². The van der Waals surface area contributed by atoms with E-state index in [0.717, 1.165) is 0 Å². The normalized spacial score (nSPS) is 52.5. The monoisotopic (exact) mass is 504 g/mol. The minimum atomic E-state index is -1.90. The Bertz CT molecular complexity index is 637. The van der Waals surface area contributed by atoms with E-state index in [0.29, 0.717) is 0 Å². The van der Waals surface area contributed by atoms with Gasteiger partial charge in [0.25, 0.3) is 0 Å². The van der Waals surface area contributed by atoms with E-state index in [-0.39, 0.29) is 0 Å². The van der Waals surface area contributed by atoms with Gasteiger partial charge in [0.1, 0.15) is 73.2 Å². The number of hydrogen-bond donors (Lipinski definition) is 11. The van der Waals surface area contributed by atoms with Crippen molar-refractivity contribution < 1.29 is 79.9 Å². The van der Waals surface area contributed by atoms with Gasteiger partial charge < -0.3 is 79.9 Å². The SMILES string of the molecule is OCC1O[C@H](O)C(O)C(O)[C@@H]1O[C@@H]1OC(CO)[C@H](O)[C@H](O[C@@H]2OC(CO)[C@H](O)[C@H](O)C2O)C1O. The maximum Gasteiger partial charge on any atom is 0.187 e. The molecular weight excluding hydrogens is 472 g/mol. The van der Waals surface area contributed by atoms with Gasteiger partial charge in [-0.05, 0) is 0 Å². The van der Waals surface area contributed by atoms with Crippen molar-refractivity contribution in [2.75, 3.05) is 19.8 Å². The molecule has 0 bridgehead atoms. The van der Waals surface area contributed by atoms with Gasteiger partial charge >= 0.3 is 0 Å². The summed E-state index contributed by atoms with van der Waals surface area (Å²) in [6.07, 6.45) is -25.4. The summed E-state index contributed by atoms with van der Waals surface area (Å²) < 4.78 is 26.4. The highest BCUT2D eigenvalue weighted by Gasteiger charge is 2.53. The first-order valence-corrected chi connectivity index (χ1v) is 10.6. The fourth-order valence-electron chi connectivity index (χ4n) is 4.05. The number of aliphatic hydroxyl groups excluding tert-OH is 11. The molecule has 0 radical (unpaired) electrons. The Hall–Kier alpha value is -0.640. The highest BCUT2D eigenvalue weighted by molar-refractivity contribution is 4.96. The molecule has 16 heteroatoms. The topological polar surface area (TPSA) is 269 Å². The smallest absolute Gasteiger partial charge is 0.187 e. The Balaban J connectivity index is 1.78. The molecule has 200 valence electrons. The zero-order valence-corrected chi connectivity index (χ0v) is 17.7. The summed E-state index contributed by atoms with van der Waals surface area (Å²) in [6, 6.07) is 0. The van der Waals surface area contributed by atoms with Crippen LogP contribution in [-0.4, -0.2) is 168 Å². The molecule has 0 saturated carbocycles. The molecule has 0 aliphatic carbocycles. The summed E-state index contributed by atoms with van der Waals surface area (Å²) in [7, 11) is 0. The van der Waals surface area contributed by atoms with Crippen molar-refractivity contribution in [2.45, 2.75) is 92.1 Å². The molecule has 3 saturated heterocycles. The van der Waals surface area contributed by atoms with E-state index < -0.39 is 112 Å². The molecule has 0 aromatic heterocycles. The van der Waals surface area contributed by atoms with Crippen molar-refractivity contribution in [2.24, 2.45) is 0 Å². The Morgan fingerprint density at radius 2 is 0.941 bits per heavy atom. The Kier molecular flexibility index (Phi) is 9.54. The molecular formula is C18H32O16. The van der Waals surface area contributed by atoms with Gasteiger partial charge in [-0.2, -0.15) is 0 Å². The Morgan fingerprint density at radius 1 is 0.441 bits per heavy atom. The third-order valence-corrected chi connectivity index (χ3v) is 6.09. The largest absolute Gasteiger partial charge is 0.394 e. The zero-order chi connectivity index (χ0) is 25.3. The third kappa shape index (κ3) is 5.37. The predicted octanol–water partition coefficient (Wildman–Crippen LogP) is -7.57. The first-order chi connectivity index (χ1) is 16.0. The average Bonchev–Trinajstić information content (AvgIpc) is 2.83. The standard InChI is InChI=1S/C18H32O16/c19-1-4-7(22)9(24)12(27)17(31-4)34-15-8(23)5(2-20)32-18(13(15)28)33-14-6(3-21)30-16(29)11(26)10(14)25/h4-29H,1-3H2/t4?,5?,6?,7-,8-,9-,10?,11?,12?,13?,14+,15-,16-,17-,18-/m0/s1. The minimum absolute atomic E-state index is 0.759. The Labute approximate surface area is 192 Å². The molecule has 3 fully saturated rings. The van der Waals surface area contributed by atoms with Crippen molar-refractivity contribution in [3.8, 4) is 0 Å². The number of ether oxygens (including phenoxy) is 5. The number of rotatable bonds is 7. The lowest BCUT2D eigenvalue weighted by Gasteiger charge is -2.47. The lowest BCUT2D eigenvalue weighted by atomic mass is 9.96. The number of hydrogen-bond acceptors (Lipinski definition) is 16. The molecule has 16 nitrogen and oxygen atoms in total. The molecule has 11 N–H and O–H groups in total. The van der Waals surface area contributed by atoms with Crippen LogP contribution in [0.1, 0.15) is 0 Å². The second-order valence-corrected chi connectivity index (χ2v) is 8.33. The average molecular weight is 504 g/mol. The zero-order valence-electron chi connectivity index (χ0n) is 17.7. The molecule has 3 heterocycles. The summed E-state index contributed by atoms with van der Waals surface area (Å²) in [5.41, 5.74) is 0. The quantitative estimate of drug-likeness (QED) is 0.154. The van der Waals surface area contributed by atoms with E-state index in [4.69, 9.17) is 23.7 Å². The summed E-state index contributed by atoms with van der Waals surface area (Å²) in [5.74, 6) is 0. The van der Waals surface area contributed by atoms with E-state index in [9.17, 15) is 56.2 Å². The van der Waals surface area contributed by atoms with E-state index in [1.807, 2.05) is 0 Å². The predicted molar refractivity (Wildman–Crippen MR) is 101 cm³/mol. The molecule has 34 heavy (non-hydrogen) atoms. The summed E-state index contributed by atoms with van der Waals surface area (Å²) >= 11 is 0. The van der Waals surface area contributed by atoms with Crippen LogP contribution in [0.15, 0.2) is 0 Å². The fraction of sp³-hybridized carbons (Fsp3) is 1.00. The van der Waals surface area contributed by atoms with Crippen molar-refractivity contribution in [1.82, 2.24) is 0 Å². The summed E-state index contributed by atoms with van der Waals surface area (Å²) in [5, 5.41) is 109. The van der Waals surface area contributed by atoms with Crippen molar-refractivity contribution in [1.29, 1.82) is 0 Å². The van der Waals surface area contributed by atoms with Gasteiger partial charge in [0.2, 0.25) is 0 Å². The highest BCUT2D eigenvalue weighted by Crippen LogP contribution is 2.32. The van der Waals surface area contributed by atoms with Crippen LogP contribution in [-0.2, 0) is 23.7 Å². The molecule has 7 unspecified atom stereocenters. The molecule has 3 aliphatic heterocycles. The van der Waals surface area contributed by atoms with Crippen LogP contribution in [0.4, 0.5) is 0 Å². The van der Waals surface area contributed by atoms with Crippen LogP contribution >= 0.6 is 0 Å². The molecule has 0 amide bonds. The van der Waals surface area contributed by atoms with Gasteiger partial charge in [0.05, 0.1) is 19.8 Å². The van der Waals surface area contributed by atoms with Gasteiger partial charge in [-0.1, -0.05) is 0 Å². The molecule has 3 aliphatic rings. The lowest BCUT2D eigenvalue weighted by molar-refractivity contribution is -0.378. The van der Waals surface area contributed by atoms with Crippen LogP contribution in [0.25, 0.3) is 0 Å². The minimum Gasteiger partial charge on any atom is -0.394 e. The first-order valence-electron chi connectivity index (χ1n) is 10.6.